The maximum atomic E-state index is 12.0. The van der Waals surface area contributed by atoms with E-state index in [1.54, 1.807) is 18.3 Å². The van der Waals surface area contributed by atoms with Gasteiger partial charge in [-0.25, -0.2) is 9.78 Å². The number of nitrogens with one attached hydrogen (secondary N) is 3. The first kappa shape index (κ1) is 20.9. The predicted molar refractivity (Wildman–Crippen MR) is 108 cm³/mol. The van der Waals surface area contributed by atoms with Crippen LogP contribution in [0, 0.1) is 5.41 Å². The van der Waals surface area contributed by atoms with Crippen molar-refractivity contribution in [1.82, 2.24) is 10.3 Å². The van der Waals surface area contributed by atoms with E-state index in [9.17, 15) is 9.59 Å². The second kappa shape index (κ2) is 10.7. The molecule has 2 rings (SSSR count). The molecular formula is C20H25N5O3. The van der Waals surface area contributed by atoms with Crippen LogP contribution in [0.4, 0.5) is 10.6 Å². The summed E-state index contributed by atoms with van der Waals surface area (Å²) in [5.74, 6) is -0.456. The van der Waals surface area contributed by atoms with Gasteiger partial charge in [-0.05, 0) is 42.9 Å². The van der Waals surface area contributed by atoms with E-state index in [4.69, 9.17) is 16.2 Å². The Balaban J connectivity index is 1.70. The molecule has 0 aliphatic carbocycles. The zero-order valence-electron chi connectivity index (χ0n) is 15.6. The van der Waals surface area contributed by atoms with E-state index >= 15 is 0 Å². The number of nitrogen functional groups attached to an aromatic ring is 1. The highest BCUT2D eigenvalue weighted by Crippen LogP contribution is 2.13. The molecule has 1 heterocycles. The second-order valence-corrected chi connectivity index (χ2v) is 6.35. The number of carbonyl (C=O) groups excluding carboxylic acids is 1. The number of aryl methyl sites for hydroxylation is 2. The molecule has 0 saturated carbocycles. The topological polar surface area (TPSA) is 141 Å². The van der Waals surface area contributed by atoms with Gasteiger partial charge < -0.3 is 16.2 Å². The van der Waals surface area contributed by atoms with Crippen molar-refractivity contribution in [3.63, 3.8) is 0 Å². The Bertz CT molecular complexity index is 821. The highest BCUT2D eigenvalue weighted by atomic mass is 16.4. The number of hydrogen-bond donors (Lipinski definition) is 5. The number of pyridine rings is 1. The summed E-state index contributed by atoms with van der Waals surface area (Å²) >= 11 is 0. The Morgan fingerprint density at radius 3 is 2.54 bits per heavy atom. The summed E-state index contributed by atoms with van der Waals surface area (Å²) in [4.78, 5) is 26.9. The van der Waals surface area contributed by atoms with Gasteiger partial charge in [-0.15, -0.1) is 0 Å². The number of benzene rings is 1. The molecule has 8 nitrogen and oxygen atoms in total. The van der Waals surface area contributed by atoms with E-state index in [-0.39, 0.29) is 18.3 Å². The number of aliphatic carboxylic acids is 1. The maximum Gasteiger partial charge on any atom is 0.320 e. The number of unbranched alkanes of at least 4 members (excludes halogenated alkanes) is 1. The van der Waals surface area contributed by atoms with Crippen LogP contribution >= 0.6 is 0 Å². The van der Waals surface area contributed by atoms with Crippen LogP contribution in [0.3, 0.4) is 0 Å². The molecule has 2 amide bonds. The Morgan fingerprint density at radius 1 is 1.11 bits per heavy atom. The van der Waals surface area contributed by atoms with Gasteiger partial charge in [-0.1, -0.05) is 30.3 Å². The highest BCUT2D eigenvalue weighted by Gasteiger charge is 2.09. The Labute approximate surface area is 163 Å². The minimum Gasteiger partial charge on any atom is -0.481 e. The third-order valence-electron chi connectivity index (χ3n) is 4.17. The summed E-state index contributed by atoms with van der Waals surface area (Å²) < 4.78 is 0. The molecule has 0 aliphatic rings. The molecule has 148 valence electrons. The van der Waals surface area contributed by atoms with Crippen molar-refractivity contribution in [2.75, 3.05) is 11.9 Å². The molecule has 0 atom stereocenters. The smallest absolute Gasteiger partial charge is 0.320 e. The summed E-state index contributed by atoms with van der Waals surface area (Å²) in [6, 6.07) is 10.7. The molecule has 0 unspecified atom stereocenters. The van der Waals surface area contributed by atoms with Crippen LogP contribution in [0.15, 0.2) is 42.6 Å². The summed E-state index contributed by atoms with van der Waals surface area (Å²) in [6.45, 7) is 0.522. The third kappa shape index (κ3) is 7.06. The molecule has 28 heavy (non-hydrogen) atoms. The summed E-state index contributed by atoms with van der Waals surface area (Å²) in [5.41, 5.74) is 7.99. The quantitative estimate of drug-likeness (QED) is 0.243. The Kier molecular flexibility index (Phi) is 7.95. The van der Waals surface area contributed by atoms with E-state index in [2.05, 4.69) is 15.6 Å². The SMILES string of the molecule is N=C(N)c1ccc(CCCCNC(=O)Nc2ncccc2CCC(=O)O)cc1. The van der Waals surface area contributed by atoms with Crippen molar-refractivity contribution >= 4 is 23.7 Å². The number of anilines is 1. The van der Waals surface area contributed by atoms with Crippen molar-refractivity contribution in [3.05, 3.63) is 59.3 Å². The number of carboxylic acids is 1. The number of urea groups is 1. The van der Waals surface area contributed by atoms with Gasteiger partial charge in [-0.3, -0.25) is 15.5 Å². The monoisotopic (exact) mass is 383 g/mol. The average molecular weight is 383 g/mol. The molecule has 0 spiro atoms. The lowest BCUT2D eigenvalue weighted by atomic mass is 10.1. The van der Waals surface area contributed by atoms with Crippen LogP contribution in [-0.2, 0) is 17.6 Å². The summed E-state index contributed by atoms with van der Waals surface area (Å²) in [5, 5.41) is 21.6. The van der Waals surface area contributed by atoms with Crippen molar-refractivity contribution in [1.29, 1.82) is 5.41 Å². The number of amides is 2. The largest absolute Gasteiger partial charge is 0.481 e. The molecule has 0 fully saturated rings. The van der Waals surface area contributed by atoms with Crippen LogP contribution in [-0.4, -0.2) is 34.5 Å². The minimum atomic E-state index is -0.893. The first-order chi connectivity index (χ1) is 13.5. The third-order valence-corrected chi connectivity index (χ3v) is 4.17. The molecule has 2 aromatic rings. The van der Waals surface area contributed by atoms with Gasteiger partial charge in [-0.2, -0.15) is 0 Å². The molecule has 0 aliphatic heterocycles. The second-order valence-electron chi connectivity index (χ2n) is 6.35. The average Bonchev–Trinajstić information content (AvgIpc) is 2.67. The van der Waals surface area contributed by atoms with E-state index in [1.165, 1.54) is 0 Å². The number of amidine groups is 1. The van der Waals surface area contributed by atoms with Crippen LogP contribution in [0.1, 0.15) is 36.0 Å². The van der Waals surface area contributed by atoms with E-state index in [0.717, 1.165) is 24.8 Å². The maximum absolute atomic E-state index is 12.0. The molecule has 0 radical (unpaired) electrons. The number of carboxylic acid groups (broad SMARTS) is 1. The fourth-order valence-corrected chi connectivity index (χ4v) is 2.65. The van der Waals surface area contributed by atoms with E-state index in [1.807, 2.05) is 24.3 Å². The number of hydrogen-bond acceptors (Lipinski definition) is 4. The highest BCUT2D eigenvalue weighted by molar-refractivity contribution is 5.94. The number of nitrogens with two attached hydrogens (primary N) is 1. The number of nitrogens with zero attached hydrogens (tertiary/aromatic N) is 1. The Hall–Kier alpha value is -3.42. The summed E-state index contributed by atoms with van der Waals surface area (Å²) in [6.07, 6.45) is 4.44. The molecule has 6 N–H and O–H groups in total. The molecule has 8 heteroatoms. The normalized spacial score (nSPS) is 10.3. The van der Waals surface area contributed by atoms with E-state index in [0.29, 0.717) is 29.9 Å². The first-order valence-corrected chi connectivity index (χ1v) is 9.09. The van der Waals surface area contributed by atoms with Crippen molar-refractivity contribution in [2.45, 2.75) is 32.1 Å². The minimum absolute atomic E-state index is 0.0185. The lowest BCUT2D eigenvalue weighted by Crippen LogP contribution is -2.30. The van der Waals surface area contributed by atoms with Crippen molar-refractivity contribution in [3.8, 4) is 0 Å². The standard InChI is InChI=1S/C20H25N5O3/c21-18(22)15-8-6-14(7-9-15)4-1-2-12-24-20(28)25-19-16(5-3-13-23-19)10-11-17(26)27/h3,5-9,13H,1-2,4,10-12H2,(H3,21,22)(H,26,27)(H2,23,24,25,28). The van der Waals surface area contributed by atoms with Crippen LogP contribution in [0.2, 0.25) is 0 Å². The van der Waals surface area contributed by atoms with Crippen LogP contribution in [0.5, 0.6) is 0 Å². The van der Waals surface area contributed by atoms with Crippen LogP contribution < -0.4 is 16.4 Å². The predicted octanol–water partition coefficient (Wildman–Crippen LogP) is 2.53. The number of carbonyl (C=O) groups is 2. The zero-order valence-corrected chi connectivity index (χ0v) is 15.6. The fraction of sp³-hybridized carbons (Fsp3) is 0.300. The molecule has 0 bridgehead atoms. The Morgan fingerprint density at radius 2 is 1.86 bits per heavy atom. The van der Waals surface area contributed by atoms with Gasteiger partial charge in [0.15, 0.2) is 0 Å². The first-order valence-electron chi connectivity index (χ1n) is 9.09. The van der Waals surface area contributed by atoms with Crippen molar-refractivity contribution < 1.29 is 14.7 Å². The molecule has 0 saturated heterocycles. The van der Waals surface area contributed by atoms with Crippen LogP contribution in [0.25, 0.3) is 0 Å². The lowest BCUT2D eigenvalue weighted by molar-refractivity contribution is -0.136. The van der Waals surface area contributed by atoms with Gasteiger partial charge in [0.25, 0.3) is 0 Å². The summed E-state index contributed by atoms with van der Waals surface area (Å²) in [7, 11) is 0. The molecule has 1 aromatic heterocycles. The lowest BCUT2D eigenvalue weighted by Gasteiger charge is -2.10. The van der Waals surface area contributed by atoms with Gasteiger partial charge >= 0.3 is 12.0 Å². The zero-order chi connectivity index (χ0) is 20.4. The van der Waals surface area contributed by atoms with Crippen molar-refractivity contribution in [2.24, 2.45) is 5.73 Å². The fourth-order valence-electron chi connectivity index (χ4n) is 2.65. The van der Waals surface area contributed by atoms with E-state index < -0.39 is 5.97 Å². The van der Waals surface area contributed by atoms with Gasteiger partial charge in [0.05, 0.1) is 0 Å². The molecule has 1 aromatic carbocycles. The molecular weight excluding hydrogens is 358 g/mol. The van der Waals surface area contributed by atoms with Gasteiger partial charge in [0.2, 0.25) is 0 Å². The van der Waals surface area contributed by atoms with Gasteiger partial charge in [0, 0.05) is 24.7 Å². The number of rotatable bonds is 10. The number of aromatic nitrogens is 1. The van der Waals surface area contributed by atoms with Gasteiger partial charge in [0.1, 0.15) is 11.7 Å².